The molecule has 0 unspecified atom stereocenters. The number of carbonyl (C=O) groups excluding carboxylic acids is 1. The highest BCUT2D eigenvalue weighted by Gasteiger charge is 2.38. The monoisotopic (exact) mass is 353 g/mol. The molecule has 0 fully saturated rings. The molecular weight excluding hydrogens is 334 g/mol. The highest BCUT2D eigenvalue weighted by atomic mass is 35.5. The predicted octanol–water partition coefficient (Wildman–Crippen LogP) is 5.34. The van der Waals surface area contributed by atoms with Crippen molar-refractivity contribution in [3.05, 3.63) is 76.3 Å². The summed E-state index contributed by atoms with van der Waals surface area (Å²) in [6.45, 7) is 2.21. The third-order valence-electron chi connectivity index (χ3n) is 5.10. The van der Waals surface area contributed by atoms with Crippen LogP contribution in [0.5, 0.6) is 0 Å². The van der Waals surface area contributed by atoms with Crippen molar-refractivity contribution in [2.24, 2.45) is 5.92 Å². The Balaban J connectivity index is 1.71. The van der Waals surface area contributed by atoms with E-state index in [-0.39, 0.29) is 12.0 Å². The molecule has 25 heavy (non-hydrogen) atoms. The number of halogens is 1. The maximum atomic E-state index is 12.1. The molecule has 1 N–H and O–H groups in total. The third-order valence-corrected chi connectivity index (χ3v) is 5.36. The molecule has 3 nitrogen and oxygen atoms in total. The van der Waals surface area contributed by atoms with Crippen LogP contribution < -0.4 is 5.32 Å². The molecule has 3 atom stereocenters. The number of anilines is 1. The first-order valence-electron chi connectivity index (χ1n) is 8.67. The number of nitrogens with one attached hydrogen (secondary N) is 1. The van der Waals surface area contributed by atoms with E-state index in [4.69, 9.17) is 16.3 Å². The molecule has 1 heterocycles. The number of hydrogen-bond acceptors (Lipinski definition) is 3. The van der Waals surface area contributed by atoms with Gasteiger partial charge in [-0.05, 0) is 60.7 Å². The molecule has 0 amide bonds. The molecule has 4 heteroatoms. The van der Waals surface area contributed by atoms with Gasteiger partial charge in [-0.2, -0.15) is 0 Å². The zero-order chi connectivity index (χ0) is 17.4. The van der Waals surface area contributed by atoms with Crippen LogP contribution in [0.25, 0.3) is 0 Å². The molecule has 1 aliphatic heterocycles. The van der Waals surface area contributed by atoms with Crippen LogP contribution in [0.2, 0.25) is 5.02 Å². The third kappa shape index (κ3) is 2.93. The molecule has 0 spiro atoms. The summed E-state index contributed by atoms with van der Waals surface area (Å²) in [4.78, 5) is 12.1. The SMILES string of the molecule is CCOC(=O)c1ccc2c(c1)[C@H]1C=CC[C@@H]1[C@H](c1ccc(Cl)cc1)N2. The second-order valence-corrected chi connectivity index (χ2v) is 6.99. The number of hydrogen-bond donors (Lipinski definition) is 1. The summed E-state index contributed by atoms with van der Waals surface area (Å²) < 4.78 is 5.14. The Morgan fingerprint density at radius 1 is 1.24 bits per heavy atom. The van der Waals surface area contributed by atoms with E-state index < -0.39 is 0 Å². The van der Waals surface area contributed by atoms with Crippen LogP contribution in [-0.2, 0) is 4.74 Å². The zero-order valence-electron chi connectivity index (χ0n) is 14.0. The summed E-state index contributed by atoms with van der Waals surface area (Å²) in [5, 5.41) is 4.42. The van der Waals surface area contributed by atoms with E-state index in [1.54, 1.807) is 0 Å². The molecule has 2 aromatic rings. The van der Waals surface area contributed by atoms with Gasteiger partial charge in [-0.15, -0.1) is 0 Å². The predicted molar refractivity (Wildman–Crippen MR) is 100 cm³/mol. The summed E-state index contributed by atoms with van der Waals surface area (Å²) in [5.74, 6) is 0.487. The number of allylic oxidation sites excluding steroid dienone is 2. The Morgan fingerprint density at radius 2 is 2.04 bits per heavy atom. The molecule has 128 valence electrons. The summed E-state index contributed by atoms with van der Waals surface area (Å²) in [7, 11) is 0. The van der Waals surface area contributed by atoms with E-state index in [1.807, 2.05) is 37.3 Å². The first kappa shape index (κ1) is 16.2. The largest absolute Gasteiger partial charge is 0.462 e. The van der Waals surface area contributed by atoms with Gasteiger partial charge in [-0.25, -0.2) is 4.79 Å². The minimum atomic E-state index is -0.261. The number of ether oxygens (including phenoxy) is 1. The highest BCUT2D eigenvalue weighted by Crippen LogP contribution is 2.50. The van der Waals surface area contributed by atoms with Gasteiger partial charge in [0.1, 0.15) is 0 Å². The van der Waals surface area contributed by atoms with Crippen molar-refractivity contribution in [2.45, 2.75) is 25.3 Å². The Bertz CT molecular complexity index is 828. The van der Waals surface area contributed by atoms with Crippen LogP contribution in [0.15, 0.2) is 54.6 Å². The van der Waals surface area contributed by atoms with Crippen molar-refractivity contribution in [3.63, 3.8) is 0 Å². The van der Waals surface area contributed by atoms with Crippen LogP contribution in [0, 0.1) is 5.92 Å². The molecule has 0 saturated carbocycles. The van der Waals surface area contributed by atoms with Gasteiger partial charge in [0.2, 0.25) is 0 Å². The fraction of sp³-hybridized carbons (Fsp3) is 0.286. The number of fused-ring (bicyclic) bond motifs is 3. The average molecular weight is 354 g/mol. The summed E-state index contributed by atoms with van der Waals surface area (Å²) in [5.41, 5.74) is 4.12. The number of carbonyl (C=O) groups is 1. The number of esters is 1. The minimum Gasteiger partial charge on any atom is -0.462 e. The topological polar surface area (TPSA) is 38.3 Å². The van der Waals surface area contributed by atoms with Crippen molar-refractivity contribution in [2.75, 3.05) is 11.9 Å². The minimum absolute atomic E-state index is 0.234. The lowest BCUT2D eigenvalue weighted by atomic mass is 9.76. The summed E-state index contributed by atoms with van der Waals surface area (Å²) >= 11 is 6.04. The van der Waals surface area contributed by atoms with Crippen molar-refractivity contribution >= 4 is 23.3 Å². The van der Waals surface area contributed by atoms with Gasteiger partial charge in [0.15, 0.2) is 0 Å². The Hall–Kier alpha value is -2.26. The van der Waals surface area contributed by atoms with Gasteiger partial charge < -0.3 is 10.1 Å². The molecule has 0 radical (unpaired) electrons. The summed E-state index contributed by atoms with van der Waals surface area (Å²) in [6, 6.07) is 14.1. The molecule has 4 rings (SSSR count). The van der Waals surface area contributed by atoms with Gasteiger partial charge in [-0.1, -0.05) is 35.9 Å². The lowest BCUT2D eigenvalue weighted by Crippen LogP contribution is -2.29. The van der Waals surface area contributed by atoms with Gasteiger partial charge in [0.25, 0.3) is 0 Å². The van der Waals surface area contributed by atoms with E-state index in [0.29, 0.717) is 24.0 Å². The Labute approximate surface area is 152 Å². The molecule has 2 aromatic carbocycles. The van der Waals surface area contributed by atoms with Crippen molar-refractivity contribution in [3.8, 4) is 0 Å². The quantitative estimate of drug-likeness (QED) is 0.597. The highest BCUT2D eigenvalue weighted by molar-refractivity contribution is 6.30. The normalized spacial score (nSPS) is 23.5. The maximum absolute atomic E-state index is 12.1. The van der Waals surface area contributed by atoms with Crippen molar-refractivity contribution in [1.82, 2.24) is 0 Å². The smallest absolute Gasteiger partial charge is 0.338 e. The van der Waals surface area contributed by atoms with Gasteiger partial charge in [0.05, 0.1) is 18.2 Å². The lowest BCUT2D eigenvalue weighted by Gasteiger charge is -2.37. The molecule has 1 aliphatic carbocycles. The zero-order valence-corrected chi connectivity index (χ0v) is 14.8. The standard InChI is InChI=1S/C21H20ClNO2/c1-2-25-21(24)14-8-11-19-18(12-14)16-4-3-5-17(16)20(23-19)13-6-9-15(22)10-7-13/h3-4,6-12,16-17,20,23H,2,5H2,1H3/t16-,17-,20-/m0/s1. The van der Waals surface area contributed by atoms with Gasteiger partial charge in [0, 0.05) is 16.6 Å². The van der Waals surface area contributed by atoms with Gasteiger partial charge in [-0.3, -0.25) is 0 Å². The molecular formula is C21H20ClNO2. The van der Waals surface area contributed by atoms with Crippen LogP contribution in [0.3, 0.4) is 0 Å². The van der Waals surface area contributed by atoms with Gasteiger partial charge >= 0.3 is 5.97 Å². The first-order valence-corrected chi connectivity index (χ1v) is 9.05. The second-order valence-electron chi connectivity index (χ2n) is 6.55. The average Bonchev–Trinajstić information content (AvgIpc) is 3.11. The maximum Gasteiger partial charge on any atom is 0.338 e. The van der Waals surface area contributed by atoms with E-state index in [1.165, 1.54) is 11.1 Å². The van der Waals surface area contributed by atoms with Crippen LogP contribution in [-0.4, -0.2) is 12.6 Å². The van der Waals surface area contributed by atoms with E-state index in [9.17, 15) is 4.79 Å². The molecule has 0 bridgehead atoms. The Morgan fingerprint density at radius 3 is 2.80 bits per heavy atom. The molecule has 0 saturated heterocycles. The Kier molecular flexibility index (Phi) is 4.26. The fourth-order valence-electron chi connectivity index (χ4n) is 3.94. The number of benzene rings is 2. The van der Waals surface area contributed by atoms with Crippen LogP contribution >= 0.6 is 11.6 Å². The van der Waals surface area contributed by atoms with E-state index >= 15 is 0 Å². The first-order chi connectivity index (χ1) is 12.2. The lowest BCUT2D eigenvalue weighted by molar-refractivity contribution is 0.0526. The van der Waals surface area contributed by atoms with E-state index in [0.717, 1.165) is 17.1 Å². The number of rotatable bonds is 3. The van der Waals surface area contributed by atoms with E-state index in [2.05, 4.69) is 29.6 Å². The van der Waals surface area contributed by atoms with Crippen LogP contribution in [0.4, 0.5) is 5.69 Å². The molecule has 2 aliphatic rings. The van der Waals surface area contributed by atoms with Crippen LogP contribution in [0.1, 0.15) is 46.8 Å². The second kappa shape index (κ2) is 6.57. The summed E-state index contributed by atoms with van der Waals surface area (Å²) in [6.07, 6.45) is 5.53. The van der Waals surface area contributed by atoms with Crippen molar-refractivity contribution in [1.29, 1.82) is 0 Å². The fourth-order valence-corrected chi connectivity index (χ4v) is 4.06. The molecule has 0 aromatic heterocycles. The van der Waals surface area contributed by atoms with Crippen molar-refractivity contribution < 1.29 is 9.53 Å².